The smallest absolute Gasteiger partial charge is 0.257 e. The van der Waals surface area contributed by atoms with Crippen molar-refractivity contribution in [2.45, 2.75) is 19.6 Å². The molecule has 0 saturated carbocycles. The molecule has 6 nitrogen and oxygen atoms in total. The number of amides is 1. The van der Waals surface area contributed by atoms with Crippen LogP contribution in [0.15, 0.2) is 54.9 Å². The highest BCUT2D eigenvalue weighted by Crippen LogP contribution is 2.24. The van der Waals surface area contributed by atoms with Gasteiger partial charge in [0.2, 0.25) is 0 Å². The predicted octanol–water partition coefficient (Wildman–Crippen LogP) is 3.10. The van der Waals surface area contributed by atoms with Crippen molar-refractivity contribution in [3.63, 3.8) is 0 Å². The molecule has 2 aromatic carbocycles. The maximum absolute atomic E-state index is 12.9. The summed E-state index contributed by atoms with van der Waals surface area (Å²) in [5, 5.41) is 4.34. The third-order valence-electron chi connectivity index (χ3n) is 5.08. The van der Waals surface area contributed by atoms with Crippen LogP contribution in [0.3, 0.4) is 0 Å². The molecule has 0 atom stereocenters. The highest BCUT2D eigenvalue weighted by molar-refractivity contribution is 5.93. The Morgan fingerprint density at radius 3 is 2.79 bits per heavy atom. The molecule has 144 valence electrons. The number of aromatic nitrogens is 2. The van der Waals surface area contributed by atoms with E-state index in [1.165, 1.54) is 11.1 Å². The largest absolute Gasteiger partial charge is 0.494 e. The van der Waals surface area contributed by atoms with Crippen molar-refractivity contribution >= 4 is 5.91 Å². The van der Waals surface area contributed by atoms with Gasteiger partial charge in [-0.25, -0.2) is 4.68 Å². The first-order chi connectivity index (χ1) is 13.5. The molecule has 2 heterocycles. The van der Waals surface area contributed by atoms with Crippen LogP contribution in [0.25, 0.3) is 5.69 Å². The van der Waals surface area contributed by atoms with E-state index in [0.717, 1.165) is 24.3 Å². The Bertz CT molecular complexity index is 1010. The number of methoxy groups -OCH3 is 1. The summed E-state index contributed by atoms with van der Waals surface area (Å²) in [4.78, 5) is 16.9. The molecule has 1 aliphatic rings. The van der Waals surface area contributed by atoms with Crippen LogP contribution in [-0.4, -0.2) is 46.7 Å². The fraction of sp³-hybridized carbons (Fsp3) is 0.273. The number of ether oxygens (including phenoxy) is 1. The van der Waals surface area contributed by atoms with Gasteiger partial charge in [-0.3, -0.25) is 9.69 Å². The second-order valence-corrected chi connectivity index (χ2v) is 7.28. The van der Waals surface area contributed by atoms with E-state index in [4.69, 9.17) is 4.74 Å². The van der Waals surface area contributed by atoms with E-state index in [2.05, 4.69) is 35.2 Å². The first-order valence-electron chi connectivity index (χ1n) is 9.28. The van der Waals surface area contributed by atoms with E-state index < -0.39 is 0 Å². The molecule has 0 saturated heterocycles. The zero-order valence-electron chi connectivity index (χ0n) is 16.4. The summed E-state index contributed by atoms with van der Waals surface area (Å²) >= 11 is 0. The molecule has 0 N–H and O–H groups in total. The summed E-state index contributed by atoms with van der Waals surface area (Å²) in [6.45, 7) is 2.52. The average Bonchev–Trinajstić information content (AvgIpc) is 3.33. The summed E-state index contributed by atoms with van der Waals surface area (Å²) in [6, 6.07) is 14.1. The number of hydrogen-bond donors (Lipinski definition) is 0. The zero-order valence-corrected chi connectivity index (χ0v) is 16.4. The molecule has 0 bridgehead atoms. The van der Waals surface area contributed by atoms with Crippen LogP contribution < -0.4 is 4.74 Å². The van der Waals surface area contributed by atoms with Gasteiger partial charge >= 0.3 is 0 Å². The number of hydrogen-bond acceptors (Lipinski definition) is 4. The van der Waals surface area contributed by atoms with E-state index in [9.17, 15) is 4.79 Å². The Balaban J connectivity index is 1.49. The van der Waals surface area contributed by atoms with E-state index in [1.54, 1.807) is 29.1 Å². The number of para-hydroxylation sites is 2. The number of carbonyl (C=O) groups is 1. The van der Waals surface area contributed by atoms with Gasteiger partial charge in [-0.05, 0) is 35.9 Å². The van der Waals surface area contributed by atoms with Crippen molar-refractivity contribution in [1.82, 2.24) is 19.6 Å². The molecule has 0 radical (unpaired) electrons. The monoisotopic (exact) mass is 376 g/mol. The Morgan fingerprint density at radius 2 is 1.96 bits per heavy atom. The molecule has 28 heavy (non-hydrogen) atoms. The second kappa shape index (κ2) is 7.48. The number of benzene rings is 2. The number of fused-ring (bicyclic) bond motifs is 1. The lowest BCUT2D eigenvalue weighted by Gasteiger charge is -2.17. The second-order valence-electron chi connectivity index (χ2n) is 7.28. The Hall–Kier alpha value is -3.12. The van der Waals surface area contributed by atoms with Crippen molar-refractivity contribution < 1.29 is 9.53 Å². The van der Waals surface area contributed by atoms with Crippen LogP contribution in [0.1, 0.15) is 27.0 Å². The SMILES string of the molecule is COc1ccccc1-n1cc(C(=O)N(C)Cc2ccc3c(c2)CN(C)C3)cn1. The quantitative estimate of drug-likeness (QED) is 0.687. The summed E-state index contributed by atoms with van der Waals surface area (Å²) in [6.07, 6.45) is 3.34. The van der Waals surface area contributed by atoms with Gasteiger partial charge in [-0.1, -0.05) is 30.3 Å². The third kappa shape index (κ3) is 3.51. The lowest BCUT2D eigenvalue weighted by atomic mass is 10.1. The molecular formula is C22H24N4O2. The minimum Gasteiger partial charge on any atom is -0.494 e. The molecule has 6 heteroatoms. The average molecular weight is 376 g/mol. The van der Waals surface area contributed by atoms with Crippen LogP contribution >= 0.6 is 0 Å². The molecule has 1 aliphatic heterocycles. The van der Waals surface area contributed by atoms with Gasteiger partial charge in [-0.2, -0.15) is 5.10 Å². The van der Waals surface area contributed by atoms with Crippen LogP contribution in [0.4, 0.5) is 0 Å². The Labute approximate surface area is 164 Å². The van der Waals surface area contributed by atoms with Gasteiger partial charge in [0.1, 0.15) is 11.4 Å². The predicted molar refractivity (Wildman–Crippen MR) is 108 cm³/mol. The standard InChI is InChI=1S/C22H24N4O2/c1-24-13-17-9-8-16(10-18(17)14-24)12-25(2)22(27)19-11-23-26(15-19)20-6-4-5-7-21(20)28-3/h4-11,15H,12-14H2,1-3H3. The van der Waals surface area contributed by atoms with Crippen molar-refractivity contribution in [3.05, 3.63) is 77.1 Å². The van der Waals surface area contributed by atoms with E-state index in [1.807, 2.05) is 31.3 Å². The van der Waals surface area contributed by atoms with Gasteiger partial charge in [0, 0.05) is 32.9 Å². The van der Waals surface area contributed by atoms with Crippen molar-refractivity contribution in [3.8, 4) is 11.4 Å². The summed E-state index contributed by atoms with van der Waals surface area (Å²) in [5.74, 6) is 0.653. The van der Waals surface area contributed by atoms with Crippen LogP contribution in [0, 0.1) is 0 Å². The van der Waals surface area contributed by atoms with Crippen LogP contribution in [-0.2, 0) is 19.6 Å². The maximum atomic E-state index is 12.9. The fourth-order valence-electron chi connectivity index (χ4n) is 3.67. The summed E-state index contributed by atoms with van der Waals surface area (Å²) in [5.41, 5.74) is 5.22. The molecule has 4 rings (SSSR count). The van der Waals surface area contributed by atoms with Gasteiger partial charge < -0.3 is 9.64 Å². The molecule has 1 aromatic heterocycles. The number of carbonyl (C=O) groups excluding carboxylic acids is 1. The zero-order chi connectivity index (χ0) is 19.7. The molecule has 1 amide bonds. The summed E-state index contributed by atoms with van der Waals surface area (Å²) in [7, 11) is 5.56. The van der Waals surface area contributed by atoms with Gasteiger partial charge in [0.05, 0.1) is 18.9 Å². The number of rotatable bonds is 5. The molecule has 0 unspecified atom stereocenters. The van der Waals surface area contributed by atoms with E-state index in [0.29, 0.717) is 17.9 Å². The molecule has 0 spiro atoms. The first-order valence-corrected chi connectivity index (χ1v) is 9.28. The number of nitrogens with zero attached hydrogens (tertiary/aromatic N) is 4. The van der Waals surface area contributed by atoms with Gasteiger partial charge in [0.25, 0.3) is 5.91 Å². The van der Waals surface area contributed by atoms with Crippen LogP contribution in [0.5, 0.6) is 5.75 Å². The van der Waals surface area contributed by atoms with Gasteiger partial charge in [-0.15, -0.1) is 0 Å². The topological polar surface area (TPSA) is 50.6 Å². The lowest BCUT2D eigenvalue weighted by molar-refractivity contribution is 0.0785. The fourth-order valence-corrected chi connectivity index (χ4v) is 3.67. The van der Waals surface area contributed by atoms with Crippen LogP contribution in [0.2, 0.25) is 0 Å². The first kappa shape index (κ1) is 18.3. The third-order valence-corrected chi connectivity index (χ3v) is 5.08. The Morgan fingerprint density at radius 1 is 1.18 bits per heavy atom. The maximum Gasteiger partial charge on any atom is 0.257 e. The van der Waals surface area contributed by atoms with E-state index in [-0.39, 0.29) is 5.91 Å². The molecular weight excluding hydrogens is 352 g/mol. The highest BCUT2D eigenvalue weighted by Gasteiger charge is 2.18. The lowest BCUT2D eigenvalue weighted by Crippen LogP contribution is -2.26. The molecule has 3 aromatic rings. The molecule has 0 aliphatic carbocycles. The van der Waals surface area contributed by atoms with E-state index >= 15 is 0 Å². The van der Waals surface area contributed by atoms with Crippen molar-refractivity contribution in [2.24, 2.45) is 0 Å². The normalized spacial score (nSPS) is 13.4. The summed E-state index contributed by atoms with van der Waals surface area (Å²) < 4.78 is 7.05. The minimum absolute atomic E-state index is 0.0567. The highest BCUT2D eigenvalue weighted by atomic mass is 16.5. The molecule has 0 fully saturated rings. The van der Waals surface area contributed by atoms with Crippen molar-refractivity contribution in [2.75, 3.05) is 21.2 Å². The Kier molecular flexibility index (Phi) is 4.88. The van der Waals surface area contributed by atoms with Crippen molar-refractivity contribution in [1.29, 1.82) is 0 Å². The van der Waals surface area contributed by atoms with Gasteiger partial charge in [0.15, 0.2) is 0 Å². The minimum atomic E-state index is -0.0567.